The van der Waals surface area contributed by atoms with Crippen LogP contribution in [-0.2, 0) is 6.54 Å². The predicted molar refractivity (Wildman–Crippen MR) is 92.6 cm³/mol. The minimum absolute atomic E-state index is 0.0552. The summed E-state index contributed by atoms with van der Waals surface area (Å²) in [7, 11) is 0. The molecule has 124 valence electrons. The highest BCUT2D eigenvalue weighted by Gasteiger charge is 2.12. The first-order chi connectivity index (χ1) is 11.0. The van der Waals surface area contributed by atoms with Crippen LogP contribution in [0, 0.1) is 13.8 Å². The number of aryl methyl sites for hydroxylation is 2. The van der Waals surface area contributed by atoms with Gasteiger partial charge in [-0.2, -0.15) is 0 Å². The third-order valence-electron chi connectivity index (χ3n) is 3.65. The second-order valence-electron chi connectivity index (χ2n) is 5.35. The molecular weight excluding hydrogens is 310 g/mol. The minimum Gasteiger partial charge on any atom is -0.361 e. The standard InChI is InChI=1S/C17H23N3O2S/c1-5-23-15-8-6-14(7-9-15)11(2)19-17(21)18-10-16-12(3)20-22-13(16)4/h6-9,11H,5,10H2,1-4H3,(H2,18,19,21). The quantitative estimate of drug-likeness (QED) is 0.785. The van der Waals surface area contributed by atoms with E-state index in [1.165, 1.54) is 4.90 Å². The number of aromatic nitrogens is 1. The van der Waals surface area contributed by atoms with E-state index < -0.39 is 0 Å². The number of benzene rings is 1. The number of rotatable bonds is 6. The molecule has 1 aromatic heterocycles. The highest BCUT2D eigenvalue weighted by molar-refractivity contribution is 7.99. The summed E-state index contributed by atoms with van der Waals surface area (Å²) in [6.07, 6.45) is 0. The fraction of sp³-hybridized carbons (Fsp3) is 0.412. The molecule has 0 fully saturated rings. The van der Waals surface area contributed by atoms with Crippen molar-refractivity contribution in [2.24, 2.45) is 0 Å². The number of hydrogen-bond acceptors (Lipinski definition) is 4. The third-order valence-corrected chi connectivity index (χ3v) is 4.54. The first-order valence-corrected chi connectivity index (χ1v) is 8.68. The van der Waals surface area contributed by atoms with Crippen molar-refractivity contribution < 1.29 is 9.32 Å². The van der Waals surface area contributed by atoms with Crippen molar-refractivity contribution in [3.05, 3.63) is 46.8 Å². The monoisotopic (exact) mass is 333 g/mol. The lowest BCUT2D eigenvalue weighted by Gasteiger charge is -2.15. The van der Waals surface area contributed by atoms with Gasteiger partial charge in [0.2, 0.25) is 0 Å². The van der Waals surface area contributed by atoms with Gasteiger partial charge in [0.25, 0.3) is 0 Å². The summed E-state index contributed by atoms with van der Waals surface area (Å²) in [5.41, 5.74) is 2.81. The smallest absolute Gasteiger partial charge is 0.315 e. The topological polar surface area (TPSA) is 67.2 Å². The Labute approximate surface area is 141 Å². The van der Waals surface area contributed by atoms with Crippen LogP contribution in [0.1, 0.15) is 42.5 Å². The van der Waals surface area contributed by atoms with Crippen molar-refractivity contribution in [1.82, 2.24) is 15.8 Å². The Morgan fingerprint density at radius 1 is 1.30 bits per heavy atom. The highest BCUT2D eigenvalue weighted by atomic mass is 32.2. The number of nitrogens with zero attached hydrogens (tertiary/aromatic N) is 1. The molecule has 0 aliphatic rings. The zero-order chi connectivity index (χ0) is 16.8. The molecule has 5 nitrogen and oxygen atoms in total. The van der Waals surface area contributed by atoms with Crippen molar-refractivity contribution in [1.29, 1.82) is 0 Å². The molecule has 6 heteroatoms. The maximum atomic E-state index is 12.0. The highest BCUT2D eigenvalue weighted by Crippen LogP contribution is 2.20. The Hall–Kier alpha value is -1.95. The molecule has 1 unspecified atom stereocenters. The normalized spacial score (nSPS) is 12.0. The van der Waals surface area contributed by atoms with Crippen LogP contribution in [-0.4, -0.2) is 16.9 Å². The van der Waals surface area contributed by atoms with Crippen LogP contribution >= 0.6 is 11.8 Å². The number of hydrogen-bond donors (Lipinski definition) is 2. The lowest BCUT2D eigenvalue weighted by Crippen LogP contribution is -2.36. The number of carbonyl (C=O) groups excluding carboxylic acids is 1. The van der Waals surface area contributed by atoms with E-state index in [9.17, 15) is 4.79 Å². The van der Waals surface area contributed by atoms with Crippen LogP contribution in [0.5, 0.6) is 0 Å². The van der Waals surface area contributed by atoms with Gasteiger partial charge < -0.3 is 15.2 Å². The van der Waals surface area contributed by atoms with Gasteiger partial charge in [-0.1, -0.05) is 24.2 Å². The fourth-order valence-corrected chi connectivity index (χ4v) is 2.94. The van der Waals surface area contributed by atoms with E-state index in [0.717, 1.165) is 28.3 Å². The van der Waals surface area contributed by atoms with Crippen LogP contribution in [0.2, 0.25) is 0 Å². The number of nitrogens with one attached hydrogen (secondary N) is 2. The Bertz CT molecular complexity index is 633. The van der Waals surface area contributed by atoms with Gasteiger partial charge in [0.05, 0.1) is 11.7 Å². The van der Waals surface area contributed by atoms with Gasteiger partial charge in [-0.05, 0) is 44.2 Å². The second kappa shape index (κ2) is 8.06. The summed E-state index contributed by atoms with van der Waals surface area (Å²) in [5.74, 6) is 1.79. The van der Waals surface area contributed by atoms with E-state index in [4.69, 9.17) is 4.52 Å². The van der Waals surface area contributed by atoms with E-state index in [-0.39, 0.29) is 12.1 Å². The second-order valence-corrected chi connectivity index (χ2v) is 6.69. The number of carbonyl (C=O) groups is 1. The summed E-state index contributed by atoms with van der Waals surface area (Å²) < 4.78 is 5.09. The molecule has 0 saturated heterocycles. The molecular formula is C17H23N3O2S. The molecule has 1 heterocycles. The first kappa shape index (κ1) is 17.4. The summed E-state index contributed by atoms with van der Waals surface area (Å²) in [6, 6.07) is 8.02. The molecule has 0 aliphatic heterocycles. The third kappa shape index (κ3) is 4.76. The summed E-state index contributed by atoms with van der Waals surface area (Å²) in [4.78, 5) is 13.3. The molecule has 0 aliphatic carbocycles. The van der Waals surface area contributed by atoms with Gasteiger partial charge in [-0.25, -0.2) is 4.79 Å². The average Bonchev–Trinajstić information content (AvgIpc) is 2.85. The molecule has 2 aromatic rings. The van der Waals surface area contributed by atoms with Crippen LogP contribution in [0.4, 0.5) is 4.79 Å². The molecule has 23 heavy (non-hydrogen) atoms. The van der Waals surface area contributed by atoms with Crippen molar-refractivity contribution in [3.8, 4) is 0 Å². The summed E-state index contributed by atoms with van der Waals surface area (Å²) in [6.45, 7) is 8.21. The predicted octanol–water partition coefficient (Wildman–Crippen LogP) is 3.96. The summed E-state index contributed by atoms with van der Waals surface area (Å²) in [5, 5.41) is 9.66. The maximum Gasteiger partial charge on any atom is 0.315 e. The largest absolute Gasteiger partial charge is 0.361 e. The van der Waals surface area contributed by atoms with Crippen LogP contribution in [0.15, 0.2) is 33.7 Å². The van der Waals surface area contributed by atoms with Crippen molar-refractivity contribution >= 4 is 17.8 Å². The van der Waals surface area contributed by atoms with Gasteiger partial charge in [0.1, 0.15) is 5.76 Å². The zero-order valence-corrected chi connectivity index (χ0v) is 14.8. The Kier molecular flexibility index (Phi) is 6.10. The van der Waals surface area contributed by atoms with E-state index in [0.29, 0.717) is 6.54 Å². The summed E-state index contributed by atoms with van der Waals surface area (Å²) >= 11 is 1.80. The van der Waals surface area contributed by atoms with Gasteiger partial charge >= 0.3 is 6.03 Å². The van der Waals surface area contributed by atoms with E-state index in [2.05, 4.69) is 47.0 Å². The molecule has 2 rings (SSSR count). The molecule has 2 amide bonds. The average molecular weight is 333 g/mol. The minimum atomic E-state index is -0.204. The molecule has 1 aromatic carbocycles. The van der Waals surface area contributed by atoms with Crippen molar-refractivity contribution in [2.75, 3.05) is 5.75 Å². The van der Waals surface area contributed by atoms with Crippen LogP contribution in [0.25, 0.3) is 0 Å². The van der Waals surface area contributed by atoms with Crippen molar-refractivity contribution in [3.63, 3.8) is 0 Å². The lowest BCUT2D eigenvalue weighted by atomic mass is 10.1. The zero-order valence-electron chi connectivity index (χ0n) is 14.0. The number of amides is 2. The van der Waals surface area contributed by atoms with E-state index in [1.54, 1.807) is 11.8 Å². The maximum absolute atomic E-state index is 12.0. The molecule has 0 bridgehead atoms. The molecule has 0 radical (unpaired) electrons. The fourth-order valence-electron chi connectivity index (χ4n) is 2.27. The van der Waals surface area contributed by atoms with Gasteiger partial charge in [-0.3, -0.25) is 0 Å². The number of thioether (sulfide) groups is 1. The Morgan fingerprint density at radius 2 is 2.00 bits per heavy atom. The van der Waals surface area contributed by atoms with Crippen LogP contribution in [0.3, 0.4) is 0 Å². The van der Waals surface area contributed by atoms with Gasteiger partial charge in [0, 0.05) is 17.0 Å². The molecule has 1 atom stereocenters. The van der Waals surface area contributed by atoms with E-state index in [1.807, 2.05) is 20.8 Å². The van der Waals surface area contributed by atoms with Gasteiger partial charge in [0.15, 0.2) is 0 Å². The van der Waals surface area contributed by atoms with Crippen LogP contribution < -0.4 is 10.6 Å². The van der Waals surface area contributed by atoms with Gasteiger partial charge in [-0.15, -0.1) is 11.8 Å². The van der Waals surface area contributed by atoms with Crippen molar-refractivity contribution in [2.45, 2.75) is 45.2 Å². The Balaban J connectivity index is 1.87. The first-order valence-electron chi connectivity index (χ1n) is 7.70. The Morgan fingerprint density at radius 3 is 2.57 bits per heavy atom. The molecule has 0 spiro atoms. The number of urea groups is 1. The lowest BCUT2D eigenvalue weighted by molar-refractivity contribution is 0.237. The SMILES string of the molecule is CCSc1ccc(C(C)NC(=O)NCc2c(C)noc2C)cc1. The molecule has 2 N–H and O–H groups in total. The van der Waals surface area contributed by atoms with E-state index >= 15 is 0 Å². The molecule has 0 saturated carbocycles.